The summed E-state index contributed by atoms with van der Waals surface area (Å²) in [5.41, 5.74) is 8.31. The average molecular weight is 502 g/mol. The lowest BCUT2D eigenvalue weighted by atomic mass is 10.0. The van der Waals surface area contributed by atoms with Crippen LogP contribution in [0.3, 0.4) is 0 Å². The number of aryl methyl sites for hydroxylation is 1. The van der Waals surface area contributed by atoms with Crippen LogP contribution in [0.5, 0.6) is 17.2 Å². The summed E-state index contributed by atoms with van der Waals surface area (Å²) in [6, 6.07) is 10.7. The molecule has 0 fully saturated rings. The summed E-state index contributed by atoms with van der Waals surface area (Å²) >= 11 is 0. The highest BCUT2D eigenvalue weighted by Gasteiger charge is 2.26. The van der Waals surface area contributed by atoms with Gasteiger partial charge in [0.25, 0.3) is 0 Å². The number of ether oxygens (including phenoxy) is 2. The number of nitrogens with two attached hydrogens (primary N) is 1. The summed E-state index contributed by atoms with van der Waals surface area (Å²) in [7, 11) is 1.30. The first-order valence-electron chi connectivity index (χ1n) is 10.8. The molecule has 0 atom stereocenters. The lowest BCUT2D eigenvalue weighted by Gasteiger charge is -2.15. The molecule has 3 N–H and O–H groups in total. The smallest absolute Gasteiger partial charge is 0.390 e. The fourth-order valence-electron chi connectivity index (χ4n) is 3.79. The summed E-state index contributed by atoms with van der Waals surface area (Å²) in [5, 5.41) is 2.76. The van der Waals surface area contributed by atoms with Gasteiger partial charge in [0.15, 0.2) is 23.0 Å². The van der Waals surface area contributed by atoms with Crippen LogP contribution in [0.1, 0.15) is 22.3 Å². The van der Waals surface area contributed by atoms with Gasteiger partial charge in [0.2, 0.25) is 5.91 Å². The zero-order valence-corrected chi connectivity index (χ0v) is 19.3. The molecule has 0 bridgehead atoms. The summed E-state index contributed by atoms with van der Waals surface area (Å²) in [6.07, 6.45) is -2.26. The van der Waals surface area contributed by atoms with Gasteiger partial charge in [-0.1, -0.05) is 12.1 Å². The fraction of sp³-hybridized carbons (Fsp3) is 0.200. The van der Waals surface area contributed by atoms with Crippen LogP contribution in [-0.4, -0.2) is 35.1 Å². The molecule has 0 aliphatic rings. The standard InChI is InChI=1S/C25H22F4N4O3/c1-14-10-15(6-7-17(14)23(30)34)20-12-32-24-19(31-9-8-25(27,28)29)11-16(13-33(20)24)36-21-5-3-4-18(26)22(21)35-2/h3-7,10-13,31H,8-9H2,1-2H3,(H2,30,34). The van der Waals surface area contributed by atoms with Crippen LogP contribution in [-0.2, 0) is 0 Å². The predicted octanol–water partition coefficient (Wildman–Crippen LogP) is 5.71. The highest BCUT2D eigenvalue weighted by molar-refractivity contribution is 5.95. The number of para-hydroxylation sites is 1. The minimum Gasteiger partial charge on any atom is -0.490 e. The Hall–Kier alpha value is -4.28. The van der Waals surface area contributed by atoms with Gasteiger partial charge in [-0.25, -0.2) is 9.37 Å². The molecule has 0 saturated carbocycles. The molecule has 0 radical (unpaired) electrons. The molecule has 0 unspecified atom stereocenters. The number of hydrogen-bond donors (Lipinski definition) is 2. The second-order valence-corrected chi connectivity index (χ2v) is 7.99. The number of carbonyl (C=O) groups is 1. The molecule has 4 aromatic rings. The van der Waals surface area contributed by atoms with Crippen LogP contribution < -0.4 is 20.5 Å². The van der Waals surface area contributed by atoms with Gasteiger partial charge in [0.1, 0.15) is 5.75 Å². The van der Waals surface area contributed by atoms with E-state index < -0.39 is 24.3 Å². The molecule has 36 heavy (non-hydrogen) atoms. The number of primary amides is 1. The number of aromatic nitrogens is 2. The van der Waals surface area contributed by atoms with Crippen LogP contribution in [0.15, 0.2) is 54.9 Å². The number of methoxy groups -OCH3 is 1. The third kappa shape index (κ3) is 5.19. The van der Waals surface area contributed by atoms with Crippen LogP contribution in [0.2, 0.25) is 0 Å². The molecule has 4 rings (SSSR count). The van der Waals surface area contributed by atoms with E-state index in [2.05, 4.69) is 10.3 Å². The van der Waals surface area contributed by atoms with Crippen molar-refractivity contribution < 1.29 is 31.8 Å². The van der Waals surface area contributed by atoms with Gasteiger partial charge in [0, 0.05) is 23.7 Å². The van der Waals surface area contributed by atoms with Crippen molar-refractivity contribution in [1.82, 2.24) is 9.38 Å². The predicted molar refractivity (Wildman–Crippen MR) is 126 cm³/mol. The Balaban J connectivity index is 1.81. The largest absolute Gasteiger partial charge is 0.490 e. The molecular weight excluding hydrogens is 480 g/mol. The minimum atomic E-state index is -4.34. The summed E-state index contributed by atoms with van der Waals surface area (Å²) < 4.78 is 65.0. The van der Waals surface area contributed by atoms with Crippen molar-refractivity contribution in [3.8, 4) is 28.5 Å². The number of benzene rings is 2. The highest BCUT2D eigenvalue weighted by atomic mass is 19.4. The van der Waals surface area contributed by atoms with E-state index in [1.54, 1.807) is 41.9 Å². The Morgan fingerprint density at radius 2 is 1.97 bits per heavy atom. The SMILES string of the molecule is COc1c(F)cccc1Oc1cc(NCCC(F)(F)F)c2ncc(-c3ccc(C(N)=O)c(C)c3)n2c1. The van der Waals surface area contributed by atoms with Crippen molar-refractivity contribution >= 4 is 17.2 Å². The van der Waals surface area contributed by atoms with Crippen molar-refractivity contribution in [2.45, 2.75) is 19.5 Å². The Kier molecular flexibility index (Phi) is 6.73. The van der Waals surface area contributed by atoms with Crippen molar-refractivity contribution in [3.63, 3.8) is 0 Å². The number of nitrogens with zero attached hydrogens (tertiary/aromatic N) is 2. The van der Waals surface area contributed by atoms with Crippen LogP contribution in [0.25, 0.3) is 16.9 Å². The number of imidazole rings is 1. The number of halogens is 4. The van der Waals surface area contributed by atoms with Crippen molar-refractivity contribution in [1.29, 1.82) is 0 Å². The molecule has 7 nitrogen and oxygen atoms in total. The number of nitrogens with one attached hydrogen (secondary N) is 1. The van der Waals surface area contributed by atoms with Crippen LogP contribution in [0.4, 0.5) is 23.2 Å². The molecule has 2 aromatic carbocycles. The normalized spacial score (nSPS) is 11.5. The maximum Gasteiger partial charge on any atom is 0.390 e. The number of amides is 1. The van der Waals surface area contributed by atoms with E-state index >= 15 is 0 Å². The van der Waals surface area contributed by atoms with Crippen molar-refractivity contribution in [2.75, 3.05) is 19.0 Å². The molecule has 1 amide bonds. The lowest BCUT2D eigenvalue weighted by molar-refractivity contribution is -0.131. The molecule has 0 saturated heterocycles. The molecule has 0 aliphatic heterocycles. The molecule has 2 heterocycles. The Morgan fingerprint density at radius 3 is 2.64 bits per heavy atom. The maximum atomic E-state index is 14.2. The van der Waals surface area contributed by atoms with E-state index in [0.717, 1.165) is 0 Å². The zero-order valence-electron chi connectivity index (χ0n) is 19.3. The first kappa shape index (κ1) is 24.8. The summed E-state index contributed by atoms with van der Waals surface area (Å²) in [6.45, 7) is 1.35. The Morgan fingerprint density at radius 1 is 1.19 bits per heavy atom. The molecule has 0 aliphatic carbocycles. The van der Waals surface area contributed by atoms with E-state index in [9.17, 15) is 22.4 Å². The molecule has 2 aromatic heterocycles. The van der Waals surface area contributed by atoms with Gasteiger partial charge in [0.05, 0.1) is 37.3 Å². The second kappa shape index (κ2) is 9.76. The second-order valence-electron chi connectivity index (χ2n) is 7.99. The topological polar surface area (TPSA) is 90.9 Å². The Bertz CT molecular complexity index is 1430. The van der Waals surface area contributed by atoms with Gasteiger partial charge in [-0.05, 0) is 36.8 Å². The van der Waals surface area contributed by atoms with Gasteiger partial charge in [-0.3, -0.25) is 9.20 Å². The van der Waals surface area contributed by atoms with E-state index in [4.69, 9.17) is 15.2 Å². The average Bonchev–Trinajstić information content (AvgIpc) is 3.22. The first-order valence-corrected chi connectivity index (χ1v) is 10.8. The third-order valence-corrected chi connectivity index (χ3v) is 5.46. The quantitative estimate of drug-likeness (QED) is 0.301. The maximum absolute atomic E-state index is 14.2. The van der Waals surface area contributed by atoms with E-state index in [1.807, 2.05) is 0 Å². The number of alkyl halides is 3. The van der Waals surface area contributed by atoms with E-state index in [-0.39, 0.29) is 29.5 Å². The number of anilines is 1. The number of pyridine rings is 1. The third-order valence-electron chi connectivity index (χ3n) is 5.46. The lowest BCUT2D eigenvalue weighted by Crippen LogP contribution is -2.15. The molecule has 11 heteroatoms. The van der Waals surface area contributed by atoms with Crippen LogP contribution >= 0.6 is 0 Å². The van der Waals surface area contributed by atoms with Gasteiger partial charge in [-0.2, -0.15) is 13.2 Å². The van der Waals surface area contributed by atoms with Gasteiger partial charge < -0.3 is 20.5 Å². The first-order chi connectivity index (χ1) is 17.1. The molecule has 0 spiro atoms. The molecule has 188 valence electrons. The molecular formula is C25H22F4N4O3. The highest BCUT2D eigenvalue weighted by Crippen LogP contribution is 2.36. The monoisotopic (exact) mass is 502 g/mol. The van der Waals surface area contributed by atoms with Gasteiger partial charge >= 0.3 is 6.18 Å². The van der Waals surface area contributed by atoms with Crippen molar-refractivity contribution in [2.24, 2.45) is 5.73 Å². The van der Waals surface area contributed by atoms with Gasteiger partial charge in [-0.15, -0.1) is 0 Å². The number of rotatable bonds is 8. The summed E-state index contributed by atoms with van der Waals surface area (Å²) in [4.78, 5) is 16.0. The van der Waals surface area contributed by atoms with E-state index in [0.29, 0.717) is 28.0 Å². The number of fused-ring (bicyclic) bond motifs is 1. The Labute approximate surface area is 203 Å². The van der Waals surface area contributed by atoms with Crippen LogP contribution in [0, 0.1) is 12.7 Å². The fourth-order valence-corrected chi connectivity index (χ4v) is 3.79. The number of hydrogen-bond acceptors (Lipinski definition) is 5. The minimum absolute atomic E-state index is 0.0846. The number of carbonyl (C=O) groups excluding carboxylic acids is 1. The zero-order chi connectivity index (χ0) is 26.0. The van der Waals surface area contributed by atoms with E-state index in [1.165, 1.54) is 31.4 Å². The van der Waals surface area contributed by atoms with Crippen molar-refractivity contribution in [3.05, 3.63) is 71.8 Å². The summed E-state index contributed by atoms with van der Waals surface area (Å²) in [5.74, 6) is -1.03.